The Kier molecular flexibility index (Phi) is 2.65. The van der Waals surface area contributed by atoms with Crippen LogP contribution in [0.1, 0.15) is 12.8 Å². The summed E-state index contributed by atoms with van der Waals surface area (Å²) in [5, 5.41) is 10.2. The van der Waals surface area contributed by atoms with Crippen LogP contribution in [0.5, 0.6) is 0 Å². The number of alkyl halides is 1. The highest BCUT2D eigenvalue weighted by Gasteiger charge is 2.52. The lowest BCUT2D eigenvalue weighted by Gasteiger charge is -2.19. The molecule has 20 heavy (non-hydrogen) atoms. The molecule has 0 amide bonds. The van der Waals surface area contributed by atoms with Gasteiger partial charge in [0.05, 0.1) is 12.4 Å². The lowest BCUT2D eigenvalue weighted by atomic mass is 9.97. The molecule has 0 aliphatic heterocycles. The van der Waals surface area contributed by atoms with Gasteiger partial charge in [-0.05, 0) is 30.6 Å². The van der Waals surface area contributed by atoms with Crippen molar-refractivity contribution in [3.8, 4) is 0 Å². The average Bonchev–Trinajstić information content (AvgIpc) is 3.04. The van der Waals surface area contributed by atoms with Gasteiger partial charge in [0.1, 0.15) is 11.8 Å². The topological polar surface area (TPSA) is 89.9 Å². The first-order valence-corrected chi connectivity index (χ1v) is 7.32. The fraction of sp³-hybridized carbons (Fsp3) is 0.615. The Morgan fingerprint density at radius 1 is 1.30 bits per heavy atom. The van der Waals surface area contributed by atoms with Gasteiger partial charge in [-0.1, -0.05) is 0 Å². The molecule has 0 spiro atoms. The largest absolute Gasteiger partial charge is 0.393 e. The number of nitrogens with zero attached hydrogens (tertiary/aromatic N) is 4. The number of imidazole rings is 1. The van der Waals surface area contributed by atoms with E-state index in [9.17, 15) is 5.11 Å². The van der Waals surface area contributed by atoms with Crippen LogP contribution >= 0.6 is 11.6 Å². The Hall–Kier alpha value is -1.40. The number of hydrogen-bond donors (Lipinski definition) is 2. The van der Waals surface area contributed by atoms with E-state index in [1.54, 1.807) is 6.33 Å². The molecule has 2 heterocycles. The van der Waals surface area contributed by atoms with Crippen molar-refractivity contribution in [2.24, 2.45) is 17.8 Å². The summed E-state index contributed by atoms with van der Waals surface area (Å²) < 4.78 is 2.00. The van der Waals surface area contributed by atoms with Crippen LogP contribution in [-0.4, -0.2) is 36.1 Å². The zero-order valence-corrected chi connectivity index (χ0v) is 11.6. The van der Waals surface area contributed by atoms with Crippen LogP contribution in [0, 0.1) is 17.8 Å². The summed E-state index contributed by atoms with van der Waals surface area (Å²) in [6.45, 7) is 0.780. The van der Waals surface area contributed by atoms with Gasteiger partial charge < -0.3 is 15.4 Å². The maximum absolute atomic E-state index is 10.1. The van der Waals surface area contributed by atoms with Crippen molar-refractivity contribution in [2.75, 3.05) is 5.73 Å². The second kappa shape index (κ2) is 4.30. The molecule has 2 bridgehead atoms. The van der Waals surface area contributed by atoms with Crippen LogP contribution in [0.4, 0.5) is 5.82 Å². The van der Waals surface area contributed by atoms with E-state index in [1.165, 1.54) is 6.33 Å². The molecule has 6 nitrogen and oxygen atoms in total. The van der Waals surface area contributed by atoms with Crippen molar-refractivity contribution in [1.82, 2.24) is 19.5 Å². The van der Waals surface area contributed by atoms with Crippen LogP contribution in [0.3, 0.4) is 0 Å². The minimum absolute atomic E-state index is 0.183. The predicted molar refractivity (Wildman–Crippen MR) is 75.1 cm³/mol. The van der Waals surface area contributed by atoms with E-state index in [0.717, 1.165) is 25.0 Å². The van der Waals surface area contributed by atoms with Crippen LogP contribution in [0.15, 0.2) is 12.7 Å². The van der Waals surface area contributed by atoms with Crippen LogP contribution in [0.2, 0.25) is 0 Å². The van der Waals surface area contributed by atoms with Crippen LogP contribution < -0.4 is 5.73 Å². The summed E-state index contributed by atoms with van der Waals surface area (Å²) in [5.74, 6) is 1.46. The smallest absolute Gasteiger partial charge is 0.165 e. The molecule has 2 aliphatic rings. The number of hydrogen-bond acceptors (Lipinski definition) is 5. The lowest BCUT2D eigenvalue weighted by molar-refractivity contribution is 0.106. The van der Waals surface area contributed by atoms with E-state index >= 15 is 0 Å². The highest BCUT2D eigenvalue weighted by Crippen LogP contribution is 2.52. The highest BCUT2D eigenvalue weighted by molar-refractivity contribution is 6.21. The third kappa shape index (κ3) is 1.64. The molecule has 3 N–H and O–H groups in total. The lowest BCUT2D eigenvalue weighted by Crippen LogP contribution is -2.21. The number of aliphatic hydroxyl groups is 1. The molecule has 4 rings (SSSR count). The Bertz CT molecular complexity index is 643. The van der Waals surface area contributed by atoms with Crippen molar-refractivity contribution in [2.45, 2.75) is 30.9 Å². The second-order valence-electron chi connectivity index (χ2n) is 5.87. The molecule has 106 valence electrons. The van der Waals surface area contributed by atoms with Crippen molar-refractivity contribution in [3.63, 3.8) is 0 Å². The van der Waals surface area contributed by atoms with E-state index in [4.69, 9.17) is 17.3 Å². The summed E-state index contributed by atoms with van der Waals surface area (Å²) in [7, 11) is 0. The van der Waals surface area contributed by atoms with Crippen LogP contribution in [-0.2, 0) is 6.54 Å². The number of rotatable bonds is 2. The molecule has 0 saturated heterocycles. The number of fused-ring (bicyclic) bond motifs is 3. The number of anilines is 1. The first kappa shape index (κ1) is 12.3. The van der Waals surface area contributed by atoms with E-state index in [1.807, 2.05) is 4.57 Å². The highest BCUT2D eigenvalue weighted by atomic mass is 35.5. The molecule has 1 unspecified atom stereocenters. The standard InChI is InChI=1S/C13H16ClN5O/c14-9-1-7-8(6(9)2-10(7)20)3-19-5-18-11-12(15)16-4-17-13(11)19/h4-10,20H,1-3H2,(H2,15,16,17)/t6-,7-,8-,9-,10?/m0/s1. The van der Waals surface area contributed by atoms with Gasteiger partial charge in [0.15, 0.2) is 11.5 Å². The SMILES string of the molecule is Nc1ncnc2c1ncn2C[C@H]1[C@@H]2CC(O)[C@H]1C[C@@H]2Cl. The Balaban J connectivity index is 1.67. The van der Waals surface area contributed by atoms with Crippen molar-refractivity contribution >= 4 is 28.6 Å². The summed E-state index contributed by atoms with van der Waals surface area (Å²) >= 11 is 6.37. The Morgan fingerprint density at radius 3 is 2.90 bits per heavy atom. The van der Waals surface area contributed by atoms with Crippen LogP contribution in [0.25, 0.3) is 11.2 Å². The molecule has 7 heteroatoms. The molecule has 2 saturated carbocycles. The molecule has 2 fully saturated rings. The van der Waals surface area contributed by atoms with Crippen molar-refractivity contribution in [1.29, 1.82) is 0 Å². The molecule has 2 aromatic heterocycles. The Morgan fingerprint density at radius 2 is 2.15 bits per heavy atom. The number of nitrogens with two attached hydrogens (primary N) is 1. The summed E-state index contributed by atoms with van der Waals surface area (Å²) in [4.78, 5) is 12.5. The predicted octanol–water partition coefficient (Wildman–Crippen LogP) is 1.03. The van der Waals surface area contributed by atoms with Crippen molar-refractivity contribution in [3.05, 3.63) is 12.7 Å². The summed E-state index contributed by atoms with van der Waals surface area (Å²) in [6, 6.07) is 0. The van der Waals surface area contributed by atoms with Gasteiger partial charge in [-0.25, -0.2) is 15.0 Å². The van der Waals surface area contributed by atoms with E-state index in [0.29, 0.717) is 29.1 Å². The van der Waals surface area contributed by atoms with Crippen molar-refractivity contribution < 1.29 is 5.11 Å². The zero-order valence-electron chi connectivity index (χ0n) is 10.9. The number of nitrogen functional groups attached to an aromatic ring is 1. The molecular formula is C13H16ClN5O. The number of aliphatic hydroxyl groups excluding tert-OH is 1. The van der Waals surface area contributed by atoms with E-state index < -0.39 is 0 Å². The maximum atomic E-state index is 10.1. The van der Waals surface area contributed by atoms with Gasteiger partial charge in [-0.2, -0.15) is 0 Å². The van der Waals surface area contributed by atoms with Gasteiger partial charge in [-0.3, -0.25) is 0 Å². The Labute approximate surface area is 121 Å². The first-order chi connectivity index (χ1) is 9.65. The van der Waals surface area contributed by atoms with Gasteiger partial charge in [0.25, 0.3) is 0 Å². The van der Waals surface area contributed by atoms with E-state index in [2.05, 4.69) is 15.0 Å². The monoisotopic (exact) mass is 293 g/mol. The average molecular weight is 294 g/mol. The molecular weight excluding hydrogens is 278 g/mol. The maximum Gasteiger partial charge on any atom is 0.165 e. The normalized spacial score (nSPS) is 36.0. The number of aromatic nitrogens is 4. The zero-order chi connectivity index (χ0) is 13.9. The molecule has 0 radical (unpaired) electrons. The molecule has 5 atom stereocenters. The fourth-order valence-corrected chi connectivity index (χ4v) is 4.44. The minimum Gasteiger partial charge on any atom is -0.393 e. The van der Waals surface area contributed by atoms with Gasteiger partial charge in [0, 0.05) is 11.9 Å². The fourth-order valence-electron chi connectivity index (χ4n) is 3.94. The number of halogens is 1. The second-order valence-corrected chi connectivity index (χ2v) is 6.43. The third-order valence-electron chi connectivity index (χ3n) is 4.91. The summed E-state index contributed by atoms with van der Waals surface area (Å²) in [5.41, 5.74) is 7.19. The molecule has 0 aromatic carbocycles. The molecule has 2 aromatic rings. The van der Waals surface area contributed by atoms with E-state index in [-0.39, 0.29) is 11.5 Å². The first-order valence-electron chi connectivity index (χ1n) is 6.88. The van der Waals surface area contributed by atoms with Gasteiger partial charge in [-0.15, -0.1) is 11.6 Å². The quantitative estimate of drug-likeness (QED) is 0.807. The van der Waals surface area contributed by atoms with Gasteiger partial charge >= 0.3 is 0 Å². The minimum atomic E-state index is -0.213. The molecule has 2 aliphatic carbocycles. The van der Waals surface area contributed by atoms with Gasteiger partial charge in [0.2, 0.25) is 0 Å². The third-order valence-corrected chi connectivity index (χ3v) is 5.41. The summed E-state index contributed by atoms with van der Waals surface area (Å²) in [6.07, 6.45) is 4.71.